The van der Waals surface area contributed by atoms with Crippen LogP contribution in [0.2, 0.25) is 0 Å². The van der Waals surface area contributed by atoms with E-state index in [1.165, 1.54) is 27.7 Å². The first-order valence-electron chi connectivity index (χ1n) is 13.6. The van der Waals surface area contributed by atoms with Gasteiger partial charge in [-0.1, -0.05) is 30.0 Å². The number of nitrogens with zero attached hydrogens (tertiary/aromatic N) is 2. The van der Waals surface area contributed by atoms with Crippen molar-refractivity contribution in [2.45, 2.75) is 69.2 Å². The summed E-state index contributed by atoms with van der Waals surface area (Å²) in [6.45, 7) is 4.82. The van der Waals surface area contributed by atoms with Crippen LogP contribution < -0.4 is 9.47 Å². The van der Waals surface area contributed by atoms with Crippen LogP contribution in [-0.2, 0) is 49.4 Å². The molecule has 2 aromatic carbocycles. The van der Waals surface area contributed by atoms with Crippen LogP contribution in [0.3, 0.4) is 0 Å². The third kappa shape index (κ3) is 7.80. The number of fused-ring (bicyclic) bond motifs is 1. The summed E-state index contributed by atoms with van der Waals surface area (Å²) in [4.78, 5) is 53.1. The first-order chi connectivity index (χ1) is 21.0. The summed E-state index contributed by atoms with van der Waals surface area (Å²) in [5.41, 5.74) is 1.36. The van der Waals surface area contributed by atoms with Gasteiger partial charge in [-0.05, 0) is 29.8 Å². The van der Waals surface area contributed by atoms with Gasteiger partial charge >= 0.3 is 23.9 Å². The molecule has 1 fully saturated rings. The van der Waals surface area contributed by atoms with Gasteiger partial charge < -0.3 is 37.7 Å². The van der Waals surface area contributed by atoms with Gasteiger partial charge in [-0.15, -0.1) is 0 Å². The normalized spacial score (nSPS) is 21.3. The molecule has 0 radical (unpaired) electrons. The quantitative estimate of drug-likeness (QED) is 0.225. The topological polar surface area (TPSA) is 151 Å². The number of rotatable bonds is 11. The Bertz CT molecular complexity index is 1520. The Morgan fingerprint density at radius 1 is 0.818 bits per heavy atom. The zero-order chi connectivity index (χ0) is 32.0. The average Bonchev–Trinajstić information content (AvgIpc) is 3.30. The van der Waals surface area contributed by atoms with Crippen LogP contribution >= 0.6 is 11.8 Å². The highest BCUT2D eigenvalue weighted by Crippen LogP contribution is 2.39. The number of methoxy groups -OCH3 is 2. The third-order valence-electron chi connectivity index (χ3n) is 6.58. The van der Waals surface area contributed by atoms with Gasteiger partial charge in [0.05, 0.1) is 31.8 Å². The molecule has 14 heteroatoms. The number of para-hydroxylation sites is 2. The van der Waals surface area contributed by atoms with Crippen LogP contribution in [0.15, 0.2) is 47.6 Å². The SMILES string of the molecule is COc1ccc(Cn2c(SC3OC(COC(C)=O)C(OC(C)=O)C(OC(C)=O)C3OC(C)=O)nc3ccccc32)cc1OC. The summed E-state index contributed by atoms with van der Waals surface area (Å²) in [5, 5.41) is 0.488. The minimum absolute atomic E-state index is 0.322. The van der Waals surface area contributed by atoms with Crippen LogP contribution in [0.5, 0.6) is 11.5 Å². The number of ether oxygens (including phenoxy) is 7. The molecule has 2 heterocycles. The molecule has 0 aliphatic carbocycles. The van der Waals surface area contributed by atoms with Crippen molar-refractivity contribution < 1.29 is 52.3 Å². The minimum Gasteiger partial charge on any atom is -0.493 e. The van der Waals surface area contributed by atoms with Gasteiger partial charge in [0.25, 0.3) is 0 Å². The van der Waals surface area contributed by atoms with E-state index in [0.717, 1.165) is 22.8 Å². The van der Waals surface area contributed by atoms with Crippen molar-refractivity contribution in [2.24, 2.45) is 0 Å². The number of esters is 4. The average molecular weight is 631 g/mol. The van der Waals surface area contributed by atoms with E-state index < -0.39 is 53.7 Å². The van der Waals surface area contributed by atoms with Crippen LogP contribution in [0, 0.1) is 0 Å². The number of hydrogen-bond donors (Lipinski definition) is 0. The Morgan fingerprint density at radius 3 is 2.09 bits per heavy atom. The van der Waals surface area contributed by atoms with Gasteiger partial charge in [-0.2, -0.15) is 0 Å². The van der Waals surface area contributed by atoms with Crippen molar-refractivity contribution in [1.82, 2.24) is 9.55 Å². The summed E-state index contributed by atoms with van der Waals surface area (Å²) in [7, 11) is 3.11. The number of thioether (sulfide) groups is 1. The van der Waals surface area contributed by atoms with Gasteiger partial charge in [0, 0.05) is 27.7 Å². The van der Waals surface area contributed by atoms with Crippen molar-refractivity contribution in [2.75, 3.05) is 20.8 Å². The molecule has 1 aromatic heterocycles. The van der Waals surface area contributed by atoms with Crippen molar-refractivity contribution in [1.29, 1.82) is 0 Å². The van der Waals surface area contributed by atoms with Gasteiger partial charge in [0.15, 0.2) is 40.4 Å². The highest BCUT2D eigenvalue weighted by atomic mass is 32.2. The largest absolute Gasteiger partial charge is 0.493 e. The highest BCUT2D eigenvalue weighted by molar-refractivity contribution is 7.99. The summed E-state index contributed by atoms with van der Waals surface area (Å²) in [6, 6.07) is 13.1. The van der Waals surface area contributed by atoms with Gasteiger partial charge in [-0.3, -0.25) is 19.2 Å². The third-order valence-corrected chi connectivity index (χ3v) is 7.71. The molecule has 5 atom stereocenters. The Balaban J connectivity index is 1.78. The Labute approximate surface area is 258 Å². The van der Waals surface area contributed by atoms with E-state index >= 15 is 0 Å². The second kappa shape index (κ2) is 14.4. The van der Waals surface area contributed by atoms with E-state index in [2.05, 4.69) is 0 Å². The number of benzene rings is 2. The number of hydrogen-bond acceptors (Lipinski definition) is 13. The number of imidazole rings is 1. The van der Waals surface area contributed by atoms with E-state index in [-0.39, 0.29) is 6.61 Å². The second-order valence-corrected chi connectivity index (χ2v) is 10.9. The maximum Gasteiger partial charge on any atom is 0.303 e. The van der Waals surface area contributed by atoms with E-state index in [4.69, 9.17) is 38.1 Å². The van der Waals surface area contributed by atoms with Crippen LogP contribution in [0.4, 0.5) is 0 Å². The van der Waals surface area contributed by atoms with Crippen LogP contribution in [0.25, 0.3) is 11.0 Å². The molecular weight excluding hydrogens is 596 g/mol. The summed E-state index contributed by atoms with van der Waals surface area (Å²) >= 11 is 1.12. The first-order valence-corrected chi connectivity index (χ1v) is 14.5. The molecule has 236 valence electrons. The predicted molar refractivity (Wildman–Crippen MR) is 156 cm³/mol. The van der Waals surface area contributed by atoms with Crippen molar-refractivity contribution in [3.63, 3.8) is 0 Å². The zero-order valence-electron chi connectivity index (χ0n) is 25.1. The number of carbonyl (C=O) groups is 4. The summed E-state index contributed by atoms with van der Waals surface area (Å²) in [6.07, 6.45) is -4.83. The standard InChI is InChI=1S/C30H34N2O11S/c1-16(33)39-15-25-26(40-17(2)34)27(41-18(3)35)28(42-19(4)36)29(43-25)44-30-31-21-9-7-8-10-22(21)32(30)14-20-11-12-23(37-5)24(13-20)38-6/h7-13,25-29H,14-15H2,1-6H3. The van der Waals surface area contributed by atoms with Gasteiger partial charge in [0.1, 0.15) is 12.7 Å². The molecule has 0 amide bonds. The zero-order valence-corrected chi connectivity index (χ0v) is 26.0. The summed E-state index contributed by atoms with van der Waals surface area (Å²) < 4.78 is 41.0. The fraction of sp³-hybridized carbons (Fsp3) is 0.433. The Kier molecular flexibility index (Phi) is 10.7. The van der Waals surface area contributed by atoms with E-state index in [1.807, 2.05) is 41.0 Å². The van der Waals surface area contributed by atoms with Gasteiger partial charge in [-0.25, -0.2) is 4.98 Å². The molecule has 13 nitrogen and oxygen atoms in total. The molecule has 5 unspecified atom stereocenters. The lowest BCUT2D eigenvalue weighted by atomic mass is 9.99. The summed E-state index contributed by atoms with van der Waals surface area (Å²) in [5.74, 6) is -1.54. The molecule has 0 bridgehead atoms. The molecule has 1 aliphatic rings. The number of carbonyl (C=O) groups excluding carboxylic acids is 4. The molecule has 3 aromatic rings. The van der Waals surface area contributed by atoms with Crippen LogP contribution in [0.1, 0.15) is 33.3 Å². The predicted octanol–water partition coefficient (Wildman–Crippen LogP) is 3.28. The molecule has 1 aliphatic heterocycles. The van der Waals surface area contributed by atoms with Crippen LogP contribution in [-0.4, -0.2) is 84.1 Å². The lowest BCUT2D eigenvalue weighted by Crippen LogP contribution is -2.61. The molecule has 1 saturated heterocycles. The van der Waals surface area contributed by atoms with E-state index in [9.17, 15) is 19.2 Å². The maximum atomic E-state index is 12.3. The molecule has 0 saturated carbocycles. The Morgan fingerprint density at radius 2 is 1.45 bits per heavy atom. The molecule has 4 rings (SSSR count). The fourth-order valence-corrected chi connectivity index (χ4v) is 6.04. The lowest BCUT2D eigenvalue weighted by Gasteiger charge is -2.44. The lowest BCUT2D eigenvalue weighted by molar-refractivity contribution is -0.237. The molecule has 44 heavy (non-hydrogen) atoms. The minimum atomic E-state index is -1.28. The first kappa shape index (κ1) is 32.6. The maximum absolute atomic E-state index is 12.3. The molecule has 0 spiro atoms. The molecule has 0 N–H and O–H groups in total. The Hall–Kier alpha value is -4.30. The number of aromatic nitrogens is 2. The van der Waals surface area contributed by atoms with E-state index in [1.54, 1.807) is 20.3 Å². The van der Waals surface area contributed by atoms with E-state index in [0.29, 0.717) is 28.7 Å². The fourth-order valence-electron chi connectivity index (χ4n) is 4.85. The van der Waals surface area contributed by atoms with Crippen molar-refractivity contribution >= 4 is 46.7 Å². The molecular formula is C30H34N2O11S. The van der Waals surface area contributed by atoms with Gasteiger partial charge in [0.2, 0.25) is 0 Å². The highest BCUT2D eigenvalue weighted by Gasteiger charge is 2.52. The van der Waals surface area contributed by atoms with Crippen molar-refractivity contribution in [3.05, 3.63) is 48.0 Å². The van der Waals surface area contributed by atoms with Crippen molar-refractivity contribution in [3.8, 4) is 11.5 Å². The monoisotopic (exact) mass is 630 g/mol. The smallest absolute Gasteiger partial charge is 0.303 e. The second-order valence-electron chi connectivity index (χ2n) is 9.84.